The number of amides is 1. The van der Waals surface area contributed by atoms with Crippen LogP contribution in [0.4, 0.5) is 0 Å². The average Bonchev–Trinajstić information content (AvgIpc) is 2.37. The molecule has 0 unspecified atom stereocenters. The molecule has 1 fully saturated rings. The minimum atomic E-state index is -0.338. The summed E-state index contributed by atoms with van der Waals surface area (Å²) in [6.07, 6.45) is 3.08. The molecule has 1 heterocycles. The van der Waals surface area contributed by atoms with Crippen LogP contribution in [-0.4, -0.2) is 34.6 Å². The van der Waals surface area contributed by atoms with E-state index in [0.29, 0.717) is 18.8 Å². The van der Waals surface area contributed by atoms with Crippen LogP contribution in [0.25, 0.3) is 0 Å². The molecule has 0 radical (unpaired) electrons. The molecule has 1 amide bonds. The maximum absolute atomic E-state index is 12.2. The number of nitrogens with zero attached hydrogens (tertiary/aromatic N) is 1. The average molecular weight is 255 g/mol. The molecule has 1 aliphatic heterocycles. The largest absolute Gasteiger partial charge is 0.393 e. The van der Waals surface area contributed by atoms with Gasteiger partial charge in [-0.05, 0) is 44.4 Å². The molecule has 0 spiro atoms. The van der Waals surface area contributed by atoms with Crippen LogP contribution in [0.3, 0.4) is 0 Å². The van der Waals surface area contributed by atoms with Crippen molar-refractivity contribution in [2.75, 3.05) is 6.54 Å². The quantitative estimate of drug-likeness (QED) is 0.842. The standard InChI is InChI=1S/C15H29NO2/c1-11(10-12(2)17)16-9-8-13(15(3,4)5)6-7-14(16)18/h11-13,17H,6-10H2,1-5H3/t11-,12+,13-/m0/s1. The smallest absolute Gasteiger partial charge is 0.222 e. The van der Waals surface area contributed by atoms with E-state index in [9.17, 15) is 9.90 Å². The van der Waals surface area contributed by atoms with E-state index in [1.807, 2.05) is 11.8 Å². The Morgan fingerprint density at radius 2 is 1.94 bits per heavy atom. The van der Waals surface area contributed by atoms with E-state index >= 15 is 0 Å². The molecule has 3 atom stereocenters. The molecule has 0 aromatic carbocycles. The lowest BCUT2D eigenvalue weighted by atomic mass is 9.77. The van der Waals surface area contributed by atoms with Crippen molar-refractivity contribution in [2.24, 2.45) is 11.3 Å². The van der Waals surface area contributed by atoms with Gasteiger partial charge in [-0.1, -0.05) is 20.8 Å². The second kappa shape index (κ2) is 6.05. The lowest BCUT2D eigenvalue weighted by Gasteiger charge is -2.31. The van der Waals surface area contributed by atoms with Crippen LogP contribution in [0.2, 0.25) is 0 Å². The van der Waals surface area contributed by atoms with Crippen molar-refractivity contribution < 1.29 is 9.90 Å². The number of carbonyl (C=O) groups is 1. The predicted molar refractivity (Wildman–Crippen MR) is 74.3 cm³/mol. The van der Waals surface area contributed by atoms with Crippen molar-refractivity contribution in [3.05, 3.63) is 0 Å². The summed E-state index contributed by atoms with van der Waals surface area (Å²) in [5, 5.41) is 9.45. The van der Waals surface area contributed by atoms with Gasteiger partial charge in [0.05, 0.1) is 6.10 Å². The number of hydrogen-bond acceptors (Lipinski definition) is 2. The van der Waals surface area contributed by atoms with Gasteiger partial charge in [0.15, 0.2) is 0 Å². The molecular formula is C15H29NO2. The highest BCUT2D eigenvalue weighted by molar-refractivity contribution is 5.76. The van der Waals surface area contributed by atoms with E-state index in [-0.39, 0.29) is 23.5 Å². The Morgan fingerprint density at radius 1 is 1.33 bits per heavy atom. The molecule has 3 nitrogen and oxygen atoms in total. The molecule has 0 aromatic rings. The minimum Gasteiger partial charge on any atom is -0.393 e. The van der Waals surface area contributed by atoms with Gasteiger partial charge in [-0.3, -0.25) is 4.79 Å². The first-order valence-corrected chi connectivity index (χ1v) is 7.19. The third-order valence-electron chi connectivity index (χ3n) is 4.18. The monoisotopic (exact) mass is 255 g/mol. The predicted octanol–water partition coefficient (Wildman–Crippen LogP) is 2.82. The van der Waals surface area contributed by atoms with Crippen molar-refractivity contribution in [1.29, 1.82) is 0 Å². The SMILES string of the molecule is C[C@@H](O)C[C@H](C)N1CC[C@@H](C(C)(C)C)CCC1=O. The number of aliphatic hydroxyl groups excluding tert-OH is 1. The summed E-state index contributed by atoms with van der Waals surface area (Å²) >= 11 is 0. The summed E-state index contributed by atoms with van der Waals surface area (Å²) in [6, 6.07) is 0.149. The second-order valence-corrected chi connectivity index (χ2v) is 6.91. The van der Waals surface area contributed by atoms with Crippen molar-refractivity contribution in [2.45, 2.75) is 72.4 Å². The van der Waals surface area contributed by atoms with E-state index in [1.165, 1.54) is 0 Å². The molecule has 106 valence electrons. The molecule has 0 aromatic heterocycles. The summed E-state index contributed by atoms with van der Waals surface area (Å²) in [7, 11) is 0. The summed E-state index contributed by atoms with van der Waals surface area (Å²) in [5.41, 5.74) is 0.282. The van der Waals surface area contributed by atoms with Gasteiger partial charge in [-0.25, -0.2) is 0 Å². The van der Waals surface area contributed by atoms with Gasteiger partial charge < -0.3 is 10.0 Å². The molecule has 0 bridgehead atoms. The summed E-state index contributed by atoms with van der Waals surface area (Å²) in [6.45, 7) is 11.5. The fraction of sp³-hybridized carbons (Fsp3) is 0.933. The van der Waals surface area contributed by atoms with Crippen LogP contribution in [-0.2, 0) is 4.79 Å². The van der Waals surface area contributed by atoms with Crippen LogP contribution in [0.1, 0.15) is 60.3 Å². The Hall–Kier alpha value is -0.570. The van der Waals surface area contributed by atoms with Gasteiger partial charge in [-0.2, -0.15) is 0 Å². The summed E-state index contributed by atoms with van der Waals surface area (Å²) in [5.74, 6) is 0.875. The van der Waals surface area contributed by atoms with Gasteiger partial charge in [0.2, 0.25) is 5.91 Å². The topological polar surface area (TPSA) is 40.5 Å². The molecule has 1 aliphatic rings. The van der Waals surface area contributed by atoms with Crippen molar-refractivity contribution in [3.8, 4) is 0 Å². The van der Waals surface area contributed by atoms with Gasteiger partial charge in [-0.15, -0.1) is 0 Å². The third kappa shape index (κ3) is 4.27. The molecule has 1 saturated heterocycles. The lowest BCUT2D eigenvalue weighted by molar-refractivity contribution is -0.133. The minimum absolute atomic E-state index is 0.149. The van der Waals surface area contributed by atoms with E-state index in [4.69, 9.17) is 0 Å². The normalized spacial score (nSPS) is 25.8. The zero-order valence-corrected chi connectivity index (χ0v) is 12.6. The van der Waals surface area contributed by atoms with Gasteiger partial charge in [0.1, 0.15) is 0 Å². The Balaban J connectivity index is 2.65. The van der Waals surface area contributed by atoms with Gasteiger partial charge in [0.25, 0.3) is 0 Å². The second-order valence-electron chi connectivity index (χ2n) is 6.91. The van der Waals surface area contributed by atoms with Crippen molar-refractivity contribution >= 4 is 5.91 Å². The van der Waals surface area contributed by atoms with E-state index in [1.54, 1.807) is 6.92 Å². The first kappa shape index (κ1) is 15.5. The van der Waals surface area contributed by atoms with E-state index in [2.05, 4.69) is 20.8 Å². The molecule has 0 saturated carbocycles. The van der Waals surface area contributed by atoms with Gasteiger partial charge >= 0.3 is 0 Å². The molecule has 1 N–H and O–H groups in total. The third-order valence-corrected chi connectivity index (χ3v) is 4.18. The zero-order valence-electron chi connectivity index (χ0n) is 12.6. The number of carbonyl (C=O) groups excluding carboxylic acids is 1. The lowest BCUT2D eigenvalue weighted by Crippen LogP contribution is -2.39. The maximum atomic E-state index is 12.2. The number of hydrogen-bond donors (Lipinski definition) is 1. The molecule has 18 heavy (non-hydrogen) atoms. The first-order valence-electron chi connectivity index (χ1n) is 7.19. The Kier molecular flexibility index (Phi) is 5.20. The number of rotatable bonds is 3. The van der Waals surface area contributed by atoms with Crippen LogP contribution in [0, 0.1) is 11.3 Å². The highest BCUT2D eigenvalue weighted by atomic mass is 16.3. The first-order chi connectivity index (χ1) is 8.21. The van der Waals surface area contributed by atoms with Crippen LogP contribution < -0.4 is 0 Å². The van der Waals surface area contributed by atoms with E-state index < -0.39 is 0 Å². The highest BCUT2D eigenvalue weighted by Gasteiger charge is 2.31. The summed E-state index contributed by atoms with van der Waals surface area (Å²) < 4.78 is 0. The van der Waals surface area contributed by atoms with E-state index in [0.717, 1.165) is 19.4 Å². The molecular weight excluding hydrogens is 226 g/mol. The fourth-order valence-electron chi connectivity index (χ4n) is 2.96. The van der Waals surface area contributed by atoms with Crippen molar-refractivity contribution in [3.63, 3.8) is 0 Å². The maximum Gasteiger partial charge on any atom is 0.222 e. The van der Waals surface area contributed by atoms with Crippen LogP contribution in [0.15, 0.2) is 0 Å². The zero-order chi connectivity index (χ0) is 13.9. The molecule has 3 heteroatoms. The fourth-order valence-corrected chi connectivity index (χ4v) is 2.96. The molecule has 1 rings (SSSR count). The van der Waals surface area contributed by atoms with Crippen LogP contribution >= 0.6 is 0 Å². The Bertz CT molecular complexity index is 281. The van der Waals surface area contributed by atoms with Crippen molar-refractivity contribution in [1.82, 2.24) is 4.90 Å². The molecule has 0 aliphatic carbocycles. The number of likely N-dealkylation sites (tertiary alicyclic amines) is 1. The highest BCUT2D eigenvalue weighted by Crippen LogP contribution is 2.35. The van der Waals surface area contributed by atoms with Gasteiger partial charge in [0, 0.05) is 19.0 Å². The Morgan fingerprint density at radius 3 is 2.44 bits per heavy atom. The summed E-state index contributed by atoms with van der Waals surface area (Å²) in [4.78, 5) is 14.1. The van der Waals surface area contributed by atoms with Crippen LogP contribution in [0.5, 0.6) is 0 Å². The Labute approximate surface area is 112 Å². The number of aliphatic hydroxyl groups is 1.